The Hall–Kier alpha value is -3.58. The van der Waals surface area contributed by atoms with E-state index in [1.54, 1.807) is 17.4 Å². The maximum Gasteiger partial charge on any atom is 0.269 e. The molecule has 4 aromatic rings. The summed E-state index contributed by atoms with van der Waals surface area (Å²) >= 11 is 1.65. The molecular formula is C22H17N3O3S. The summed E-state index contributed by atoms with van der Waals surface area (Å²) in [6, 6.07) is 17.5. The summed E-state index contributed by atoms with van der Waals surface area (Å²) in [5, 5.41) is 14.2. The molecule has 0 radical (unpaired) electrons. The fraction of sp³-hybridized carbons (Fsp3) is 0.0909. The number of thiophene rings is 1. The van der Waals surface area contributed by atoms with Crippen LogP contribution in [-0.2, 0) is 6.54 Å². The van der Waals surface area contributed by atoms with Crippen molar-refractivity contribution in [2.24, 2.45) is 0 Å². The van der Waals surface area contributed by atoms with Crippen LogP contribution in [0.3, 0.4) is 0 Å². The first kappa shape index (κ1) is 17.5. The van der Waals surface area contributed by atoms with Crippen molar-refractivity contribution < 1.29 is 14.3 Å². The summed E-state index contributed by atoms with van der Waals surface area (Å²) in [6.45, 7) is 0.656. The molecule has 0 bridgehead atoms. The van der Waals surface area contributed by atoms with Gasteiger partial charge >= 0.3 is 0 Å². The lowest BCUT2D eigenvalue weighted by atomic mass is 10.0. The molecule has 2 aromatic heterocycles. The number of nitrogens with zero attached hydrogens (tertiary/aromatic N) is 1. The zero-order valence-corrected chi connectivity index (χ0v) is 16.2. The van der Waals surface area contributed by atoms with Crippen LogP contribution in [0, 0.1) is 0 Å². The predicted octanol–water partition coefficient (Wildman–Crippen LogP) is 4.46. The highest BCUT2D eigenvalue weighted by atomic mass is 32.1. The van der Waals surface area contributed by atoms with Crippen LogP contribution in [0.2, 0.25) is 0 Å². The number of fused-ring (bicyclic) bond motifs is 1. The van der Waals surface area contributed by atoms with Gasteiger partial charge in [-0.3, -0.25) is 9.89 Å². The van der Waals surface area contributed by atoms with Crippen molar-refractivity contribution in [3.05, 3.63) is 76.6 Å². The second-order valence-corrected chi connectivity index (χ2v) is 7.37. The smallest absolute Gasteiger partial charge is 0.269 e. The Labute approximate surface area is 171 Å². The van der Waals surface area contributed by atoms with Gasteiger partial charge in [-0.25, -0.2) is 0 Å². The minimum Gasteiger partial charge on any atom is -0.454 e. The number of H-pyrrole nitrogens is 1. The van der Waals surface area contributed by atoms with E-state index in [2.05, 4.69) is 33.0 Å². The number of hydrogen-bond donors (Lipinski definition) is 2. The lowest BCUT2D eigenvalue weighted by Crippen LogP contribution is -2.23. The quantitative estimate of drug-likeness (QED) is 0.516. The van der Waals surface area contributed by atoms with Gasteiger partial charge in [0.15, 0.2) is 11.5 Å². The van der Waals surface area contributed by atoms with E-state index in [1.807, 2.05) is 41.8 Å². The van der Waals surface area contributed by atoms with Crippen molar-refractivity contribution in [1.29, 1.82) is 0 Å². The van der Waals surface area contributed by atoms with E-state index in [1.165, 1.54) is 0 Å². The Morgan fingerprint density at radius 2 is 1.97 bits per heavy atom. The molecule has 0 aliphatic carbocycles. The van der Waals surface area contributed by atoms with E-state index in [0.29, 0.717) is 29.4 Å². The first-order chi connectivity index (χ1) is 14.3. The maximum atomic E-state index is 12.6. The highest BCUT2D eigenvalue weighted by Crippen LogP contribution is 2.35. The zero-order valence-electron chi connectivity index (χ0n) is 15.3. The third kappa shape index (κ3) is 3.48. The van der Waals surface area contributed by atoms with Crippen LogP contribution in [0.1, 0.15) is 16.1 Å². The fourth-order valence-corrected chi connectivity index (χ4v) is 3.94. The second kappa shape index (κ2) is 7.44. The lowest BCUT2D eigenvalue weighted by Gasteiger charge is -2.09. The van der Waals surface area contributed by atoms with Gasteiger partial charge in [0.25, 0.3) is 5.91 Å². The molecule has 144 valence electrons. The molecule has 5 rings (SSSR count). The molecule has 2 N–H and O–H groups in total. The number of aromatic nitrogens is 2. The number of nitrogens with one attached hydrogen (secondary N) is 2. The number of benzene rings is 2. The van der Waals surface area contributed by atoms with Crippen molar-refractivity contribution in [1.82, 2.24) is 15.5 Å². The molecule has 7 heteroatoms. The van der Waals surface area contributed by atoms with Crippen molar-refractivity contribution in [3.63, 3.8) is 0 Å². The third-order valence-electron chi connectivity index (χ3n) is 4.78. The van der Waals surface area contributed by atoms with E-state index < -0.39 is 0 Å². The monoisotopic (exact) mass is 403 g/mol. The summed E-state index contributed by atoms with van der Waals surface area (Å²) in [7, 11) is 0. The van der Waals surface area contributed by atoms with Crippen molar-refractivity contribution in [3.8, 4) is 33.9 Å². The van der Waals surface area contributed by atoms with E-state index in [4.69, 9.17) is 9.47 Å². The van der Waals surface area contributed by atoms with Crippen LogP contribution >= 0.6 is 11.3 Å². The number of rotatable bonds is 5. The molecule has 0 spiro atoms. The Morgan fingerprint density at radius 3 is 2.86 bits per heavy atom. The molecule has 3 heterocycles. The Bertz CT molecular complexity index is 1170. The number of aromatic amines is 1. The van der Waals surface area contributed by atoms with Gasteiger partial charge in [0, 0.05) is 12.1 Å². The minimum absolute atomic E-state index is 0.204. The van der Waals surface area contributed by atoms with Gasteiger partial charge in [-0.2, -0.15) is 16.4 Å². The van der Waals surface area contributed by atoms with E-state index in [9.17, 15) is 4.79 Å². The molecule has 0 fully saturated rings. The van der Waals surface area contributed by atoms with Crippen LogP contribution in [0.4, 0.5) is 0 Å². The maximum absolute atomic E-state index is 12.6. The summed E-state index contributed by atoms with van der Waals surface area (Å²) in [4.78, 5) is 12.6. The van der Waals surface area contributed by atoms with Crippen LogP contribution in [0.15, 0.2) is 65.4 Å². The molecule has 1 aliphatic heterocycles. The van der Waals surface area contributed by atoms with Gasteiger partial charge in [0.1, 0.15) is 5.69 Å². The summed E-state index contributed by atoms with van der Waals surface area (Å²) in [5.41, 5.74) is 5.28. The largest absolute Gasteiger partial charge is 0.454 e. The third-order valence-corrected chi connectivity index (χ3v) is 5.46. The van der Waals surface area contributed by atoms with Crippen LogP contribution in [0.5, 0.6) is 11.5 Å². The molecule has 0 saturated carbocycles. The summed E-state index contributed by atoms with van der Waals surface area (Å²) in [6.07, 6.45) is 0. The summed E-state index contributed by atoms with van der Waals surface area (Å²) < 4.78 is 10.7. The van der Waals surface area contributed by atoms with Crippen molar-refractivity contribution in [2.75, 3.05) is 6.79 Å². The van der Waals surface area contributed by atoms with Gasteiger partial charge in [0.05, 0.1) is 5.69 Å². The predicted molar refractivity (Wildman–Crippen MR) is 111 cm³/mol. The molecule has 29 heavy (non-hydrogen) atoms. The van der Waals surface area contributed by atoms with E-state index in [0.717, 1.165) is 22.3 Å². The summed E-state index contributed by atoms with van der Waals surface area (Å²) in [5.74, 6) is 1.19. The standard InChI is InChI=1S/C22H17N3O3S/c26-22(23-11-15-3-1-2-4-17(15)16-7-8-29-12-16)19-10-18(24-25-19)14-5-6-20-21(9-14)28-13-27-20/h1-10,12H,11,13H2,(H,23,26)(H,24,25). The molecule has 1 aliphatic rings. The first-order valence-corrected chi connectivity index (χ1v) is 10.1. The highest BCUT2D eigenvalue weighted by molar-refractivity contribution is 7.08. The van der Waals surface area contributed by atoms with Crippen molar-refractivity contribution in [2.45, 2.75) is 6.54 Å². The van der Waals surface area contributed by atoms with Gasteiger partial charge < -0.3 is 14.8 Å². The zero-order chi connectivity index (χ0) is 19.6. The first-order valence-electron chi connectivity index (χ1n) is 9.12. The van der Waals surface area contributed by atoms with Crippen LogP contribution in [0.25, 0.3) is 22.4 Å². The topological polar surface area (TPSA) is 76.2 Å². The number of hydrogen-bond acceptors (Lipinski definition) is 5. The van der Waals surface area contributed by atoms with E-state index >= 15 is 0 Å². The van der Waals surface area contributed by atoms with Gasteiger partial charge in [-0.1, -0.05) is 24.3 Å². The van der Waals surface area contributed by atoms with Crippen molar-refractivity contribution >= 4 is 17.2 Å². The number of carbonyl (C=O) groups excluding carboxylic acids is 1. The Kier molecular flexibility index (Phi) is 4.50. The molecular weight excluding hydrogens is 386 g/mol. The lowest BCUT2D eigenvalue weighted by molar-refractivity contribution is 0.0946. The number of carbonyl (C=O) groups is 1. The highest BCUT2D eigenvalue weighted by Gasteiger charge is 2.16. The molecule has 0 saturated heterocycles. The van der Waals surface area contributed by atoms with Gasteiger partial charge in [-0.05, 0) is 57.8 Å². The molecule has 2 aromatic carbocycles. The van der Waals surface area contributed by atoms with Gasteiger partial charge in [0.2, 0.25) is 6.79 Å². The molecule has 6 nitrogen and oxygen atoms in total. The number of amides is 1. The number of ether oxygens (including phenoxy) is 2. The second-order valence-electron chi connectivity index (χ2n) is 6.59. The molecule has 1 amide bonds. The Morgan fingerprint density at radius 1 is 1.07 bits per heavy atom. The molecule has 0 atom stereocenters. The Balaban J connectivity index is 1.31. The van der Waals surface area contributed by atoms with Crippen LogP contribution in [-0.4, -0.2) is 22.9 Å². The average Bonchev–Trinajstić information content (AvgIpc) is 3.53. The van der Waals surface area contributed by atoms with Gasteiger partial charge in [-0.15, -0.1) is 0 Å². The van der Waals surface area contributed by atoms with E-state index in [-0.39, 0.29) is 12.7 Å². The SMILES string of the molecule is O=C(NCc1ccccc1-c1ccsc1)c1cc(-c2ccc3c(c2)OCO3)n[nH]1. The fourth-order valence-electron chi connectivity index (χ4n) is 3.29. The molecule has 0 unspecified atom stereocenters. The minimum atomic E-state index is -0.204. The normalized spacial score (nSPS) is 12.1. The van der Waals surface area contributed by atoms with Crippen LogP contribution < -0.4 is 14.8 Å². The average molecular weight is 403 g/mol.